The monoisotopic (exact) mass is 235 g/mol. The minimum absolute atomic E-state index is 0.129. The normalized spacial score (nSPS) is 12.6. The molecule has 0 aliphatic rings. The summed E-state index contributed by atoms with van der Waals surface area (Å²) in [4.78, 5) is 29.9. The first kappa shape index (κ1) is 11.3. The van der Waals surface area contributed by atoms with Crippen molar-refractivity contribution in [2.75, 3.05) is 0 Å². The molecule has 0 fully saturated rings. The SMILES string of the molecule is CCC(C)n1c(=O)nc(-n2cccn2)[nH]c1=O. The Labute approximate surface area is 96.7 Å². The van der Waals surface area contributed by atoms with Crippen LogP contribution in [0.3, 0.4) is 0 Å². The Hall–Kier alpha value is -2.18. The third kappa shape index (κ3) is 2.03. The largest absolute Gasteiger partial charge is 0.355 e. The van der Waals surface area contributed by atoms with E-state index in [1.54, 1.807) is 25.4 Å². The van der Waals surface area contributed by atoms with Gasteiger partial charge in [0.15, 0.2) is 0 Å². The van der Waals surface area contributed by atoms with Crippen molar-refractivity contribution >= 4 is 0 Å². The van der Waals surface area contributed by atoms with Gasteiger partial charge in [0.1, 0.15) is 0 Å². The smallest absolute Gasteiger partial charge is 0.275 e. The highest BCUT2D eigenvalue weighted by atomic mass is 16.2. The average Bonchev–Trinajstić information content (AvgIpc) is 2.81. The van der Waals surface area contributed by atoms with E-state index in [1.807, 2.05) is 6.92 Å². The molecule has 1 unspecified atom stereocenters. The van der Waals surface area contributed by atoms with Crippen molar-refractivity contribution in [3.8, 4) is 5.95 Å². The zero-order chi connectivity index (χ0) is 12.4. The molecule has 0 saturated carbocycles. The minimum atomic E-state index is -0.561. The Morgan fingerprint density at radius 1 is 1.47 bits per heavy atom. The van der Waals surface area contributed by atoms with Crippen LogP contribution in [0.4, 0.5) is 0 Å². The molecule has 0 bridgehead atoms. The van der Waals surface area contributed by atoms with Crippen molar-refractivity contribution in [2.24, 2.45) is 0 Å². The summed E-state index contributed by atoms with van der Waals surface area (Å²) >= 11 is 0. The van der Waals surface area contributed by atoms with Gasteiger partial charge in [-0.05, 0) is 19.4 Å². The molecule has 90 valence electrons. The summed E-state index contributed by atoms with van der Waals surface area (Å²) in [5.41, 5.74) is -1.03. The lowest BCUT2D eigenvalue weighted by Gasteiger charge is -2.10. The van der Waals surface area contributed by atoms with Crippen LogP contribution in [0.25, 0.3) is 5.95 Å². The molecule has 1 N–H and O–H groups in total. The van der Waals surface area contributed by atoms with E-state index >= 15 is 0 Å². The van der Waals surface area contributed by atoms with E-state index in [0.29, 0.717) is 6.42 Å². The van der Waals surface area contributed by atoms with E-state index in [0.717, 1.165) is 4.57 Å². The second kappa shape index (κ2) is 4.36. The lowest BCUT2D eigenvalue weighted by molar-refractivity contribution is 0.474. The summed E-state index contributed by atoms with van der Waals surface area (Å²) in [6, 6.07) is 1.51. The van der Waals surface area contributed by atoms with Gasteiger partial charge >= 0.3 is 11.4 Å². The molecule has 7 heteroatoms. The van der Waals surface area contributed by atoms with E-state index < -0.39 is 11.4 Å². The standard InChI is InChI=1S/C10H13N5O2/c1-3-7(2)15-9(16)12-8(13-10(15)17)14-6-4-5-11-14/h4-7H,3H2,1-2H3,(H,12,13,16,17). The Kier molecular flexibility index (Phi) is 2.90. The van der Waals surface area contributed by atoms with Gasteiger partial charge in [0, 0.05) is 18.4 Å². The molecule has 0 aliphatic carbocycles. The van der Waals surface area contributed by atoms with Crippen molar-refractivity contribution in [1.29, 1.82) is 0 Å². The van der Waals surface area contributed by atoms with Gasteiger partial charge in [0.05, 0.1) is 0 Å². The van der Waals surface area contributed by atoms with Crippen LogP contribution < -0.4 is 11.4 Å². The first-order valence-electron chi connectivity index (χ1n) is 5.36. The number of aromatic amines is 1. The number of hydrogen-bond donors (Lipinski definition) is 1. The summed E-state index contributed by atoms with van der Waals surface area (Å²) in [6.07, 6.45) is 3.83. The highest BCUT2D eigenvalue weighted by Gasteiger charge is 2.11. The minimum Gasteiger partial charge on any atom is -0.275 e. The molecule has 0 saturated heterocycles. The summed E-state index contributed by atoms with van der Waals surface area (Å²) in [5, 5.41) is 3.90. The molecule has 17 heavy (non-hydrogen) atoms. The van der Waals surface area contributed by atoms with Gasteiger partial charge in [0.25, 0.3) is 0 Å². The van der Waals surface area contributed by atoms with Crippen molar-refractivity contribution in [1.82, 2.24) is 24.3 Å². The molecule has 0 aromatic carbocycles. The molecule has 2 heterocycles. The van der Waals surface area contributed by atoms with Crippen molar-refractivity contribution in [3.63, 3.8) is 0 Å². The molecular weight excluding hydrogens is 222 g/mol. The maximum absolute atomic E-state index is 11.8. The molecule has 0 amide bonds. The zero-order valence-electron chi connectivity index (χ0n) is 9.62. The third-order valence-corrected chi connectivity index (χ3v) is 2.60. The number of hydrogen-bond acceptors (Lipinski definition) is 4. The number of aromatic nitrogens is 5. The second-order valence-corrected chi connectivity index (χ2v) is 3.73. The fourth-order valence-corrected chi connectivity index (χ4v) is 1.49. The first-order valence-corrected chi connectivity index (χ1v) is 5.36. The summed E-state index contributed by atoms with van der Waals surface area (Å²) in [5.74, 6) is 0.129. The van der Waals surface area contributed by atoms with E-state index in [9.17, 15) is 9.59 Å². The maximum Gasteiger partial charge on any atom is 0.355 e. The highest BCUT2D eigenvalue weighted by Crippen LogP contribution is 2.02. The topological polar surface area (TPSA) is 85.6 Å². The number of H-pyrrole nitrogens is 1. The predicted molar refractivity (Wildman–Crippen MR) is 61.2 cm³/mol. The number of rotatable bonds is 3. The Bertz CT molecular complexity index is 579. The average molecular weight is 235 g/mol. The van der Waals surface area contributed by atoms with E-state index in [4.69, 9.17) is 0 Å². The first-order chi connectivity index (χ1) is 8.13. The van der Waals surface area contributed by atoms with Gasteiger partial charge in [0.2, 0.25) is 5.95 Å². The lowest BCUT2D eigenvalue weighted by Crippen LogP contribution is -2.40. The van der Waals surface area contributed by atoms with Gasteiger partial charge in [-0.15, -0.1) is 0 Å². The van der Waals surface area contributed by atoms with Crippen LogP contribution >= 0.6 is 0 Å². The molecule has 2 aromatic rings. The molecule has 0 spiro atoms. The predicted octanol–water partition coefficient (Wildman–Crippen LogP) is 0.0883. The van der Waals surface area contributed by atoms with E-state index in [1.165, 1.54) is 4.68 Å². The molecule has 0 aliphatic heterocycles. The maximum atomic E-state index is 11.8. The second-order valence-electron chi connectivity index (χ2n) is 3.73. The summed E-state index contributed by atoms with van der Waals surface area (Å²) < 4.78 is 2.44. The quantitative estimate of drug-likeness (QED) is 0.816. The van der Waals surface area contributed by atoms with Gasteiger partial charge in [-0.3, -0.25) is 4.98 Å². The van der Waals surface area contributed by atoms with E-state index in [2.05, 4.69) is 15.1 Å². The molecule has 1 atom stereocenters. The zero-order valence-corrected chi connectivity index (χ0v) is 9.62. The molecule has 2 aromatic heterocycles. The highest BCUT2D eigenvalue weighted by molar-refractivity contribution is 5.05. The molecule has 0 radical (unpaired) electrons. The van der Waals surface area contributed by atoms with E-state index in [-0.39, 0.29) is 12.0 Å². The Morgan fingerprint density at radius 3 is 2.76 bits per heavy atom. The van der Waals surface area contributed by atoms with Crippen molar-refractivity contribution in [3.05, 3.63) is 39.4 Å². The van der Waals surface area contributed by atoms with Crippen LogP contribution in [0.2, 0.25) is 0 Å². The van der Waals surface area contributed by atoms with Gasteiger partial charge in [-0.25, -0.2) is 18.8 Å². The lowest BCUT2D eigenvalue weighted by atomic mass is 10.3. The number of nitrogens with one attached hydrogen (secondary N) is 1. The number of nitrogens with zero attached hydrogens (tertiary/aromatic N) is 4. The third-order valence-electron chi connectivity index (χ3n) is 2.60. The van der Waals surface area contributed by atoms with Crippen LogP contribution in [0.5, 0.6) is 0 Å². The molecular formula is C10H13N5O2. The van der Waals surface area contributed by atoms with Gasteiger partial charge < -0.3 is 0 Å². The van der Waals surface area contributed by atoms with Crippen LogP contribution in [-0.4, -0.2) is 24.3 Å². The summed E-state index contributed by atoms with van der Waals surface area (Å²) in [6.45, 7) is 3.70. The fourth-order valence-electron chi connectivity index (χ4n) is 1.49. The van der Waals surface area contributed by atoms with Crippen molar-refractivity contribution < 1.29 is 0 Å². The Morgan fingerprint density at radius 2 is 2.24 bits per heavy atom. The fraction of sp³-hybridized carbons (Fsp3) is 0.400. The molecule has 7 nitrogen and oxygen atoms in total. The van der Waals surface area contributed by atoms with Crippen LogP contribution in [0, 0.1) is 0 Å². The van der Waals surface area contributed by atoms with Crippen molar-refractivity contribution in [2.45, 2.75) is 26.3 Å². The van der Waals surface area contributed by atoms with Gasteiger partial charge in [-0.1, -0.05) is 6.92 Å². The Balaban J connectivity index is 2.57. The van der Waals surface area contributed by atoms with Crippen LogP contribution in [0.1, 0.15) is 26.3 Å². The van der Waals surface area contributed by atoms with Crippen LogP contribution in [0.15, 0.2) is 28.0 Å². The van der Waals surface area contributed by atoms with Crippen LogP contribution in [-0.2, 0) is 0 Å². The molecule has 2 rings (SSSR count). The summed E-state index contributed by atoms with van der Waals surface area (Å²) in [7, 11) is 0. The van der Waals surface area contributed by atoms with Gasteiger partial charge in [-0.2, -0.15) is 10.1 Å².